The quantitative estimate of drug-likeness (QED) is 0.755. The molecule has 0 saturated carbocycles. The number of likely N-dealkylation sites (tertiary alicyclic amines) is 1. The van der Waals surface area contributed by atoms with Crippen LogP contribution < -0.4 is 10.6 Å². The Hall–Kier alpha value is -2.38. The lowest BCUT2D eigenvalue weighted by atomic mass is 10.1. The summed E-state index contributed by atoms with van der Waals surface area (Å²) in [6.07, 6.45) is 3.97. The smallest absolute Gasteiger partial charge is 0.276 e. The van der Waals surface area contributed by atoms with Crippen molar-refractivity contribution in [1.82, 2.24) is 20.4 Å². The predicted octanol–water partition coefficient (Wildman–Crippen LogP) is 2.59. The fraction of sp³-hybridized carbons (Fsp3) is 0.421. The van der Waals surface area contributed by atoms with Crippen molar-refractivity contribution in [3.63, 3.8) is 0 Å². The van der Waals surface area contributed by atoms with Gasteiger partial charge in [0.05, 0.1) is 11.3 Å². The molecule has 0 spiro atoms. The monoisotopic (exact) mass is 387 g/mol. The number of anilines is 1. The van der Waals surface area contributed by atoms with E-state index in [4.69, 9.17) is 11.6 Å². The molecule has 1 fully saturated rings. The maximum Gasteiger partial charge on any atom is 0.276 e. The van der Waals surface area contributed by atoms with Crippen LogP contribution >= 0.6 is 11.6 Å². The summed E-state index contributed by atoms with van der Waals surface area (Å²) in [5, 5.41) is 13.7. The van der Waals surface area contributed by atoms with Gasteiger partial charge < -0.3 is 15.5 Å². The van der Waals surface area contributed by atoms with Gasteiger partial charge in [0, 0.05) is 48.9 Å². The van der Waals surface area contributed by atoms with Crippen molar-refractivity contribution >= 4 is 29.1 Å². The van der Waals surface area contributed by atoms with Crippen molar-refractivity contribution in [1.29, 1.82) is 0 Å². The Morgan fingerprint density at radius 2 is 2.00 bits per heavy atom. The molecule has 0 radical (unpaired) electrons. The highest BCUT2D eigenvalue weighted by Gasteiger charge is 2.25. The zero-order valence-electron chi connectivity index (χ0n) is 15.0. The standard InChI is InChI=1S/C19H22ClN5O2/c20-12-4-5-13(19(27)25-8-2-1-3-9-25)16(10-12)22-18(26)17-14-11-21-7-6-15(14)23-24-17/h4-5,10,21H,1-3,6-9,11H2,(H,22,26)(H,23,24). The SMILES string of the molecule is O=C(Nc1cc(Cl)ccc1C(=O)N1CCCCC1)c1n[nH]c2c1CNCC2. The lowest BCUT2D eigenvalue weighted by molar-refractivity contribution is 0.0725. The molecule has 0 unspecified atom stereocenters. The van der Waals surface area contributed by atoms with Gasteiger partial charge >= 0.3 is 0 Å². The summed E-state index contributed by atoms with van der Waals surface area (Å²) >= 11 is 6.12. The van der Waals surface area contributed by atoms with Crippen LogP contribution in [-0.4, -0.2) is 46.5 Å². The highest BCUT2D eigenvalue weighted by atomic mass is 35.5. The maximum atomic E-state index is 12.9. The minimum Gasteiger partial charge on any atom is -0.339 e. The molecule has 1 saturated heterocycles. The first-order valence-corrected chi connectivity index (χ1v) is 9.68. The van der Waals surface area contributed by atoms with Crippen molar-refractivity contribution in [3.8, 4) is 0 Å². The van der Waals surface area contributed by atoms with Crippen LogP contribution in [0.1, 0.15) is 51.4 Å². The molecule has 2 aromatic rings. The third-order valence-electron chi connectivity index (χ3n) is 5.12. The number of rotatable bonds is 3. The Balaban J connectivity index is 1.59. The number of benzene rings is 1. The zero-order chi connectivity index (χ0) is 18.8. The number of carbonyl (C=O) groups is 2. The molecular weight excluding hydrogens is 366 g/mol. The highest BCUT2D eigenvalue weighted by molar-refractivity contribution is 6.31. The number of halogens is 1. The normalized spacial score (nSPS) is 16.7. The van der Waals surface area contributed by atoms with E-state index < -0.39 is 0 Å². The Morgan fingerprint density at radius 1 is 1.19 bits per heavy atom. The van der Waals surface area contributed by atoms with Crippen LogP contribution in [0.25, 0.3) is 0 Å². The van der Waals surface area contributed by atoms with E-state index in [9.17, 15) is 9.59 Å². The molecule has 0 atom stereocenters. The number of piperidine rings is 1. The molecule has 4 rings (SSSR count). The minimum absolute atomic E-state index is 0.0765. The Bertz CT molecular complexity index is 873. The number of nitrogens with one attached hydrogen (secondary N) is 3. The number of aromatic amines is 1. The molecule has 0 bridgehead atoms. The molecule has 3 N–H and O–H groups in total. The summed E-state index contributed by atoms with van der Waals surface area (Å²) in [7, 11) is 0. The van der Waals surface area contributed by atoms with Crippen LogP contribution in [-0.2, 0) is 13.0 Å². The van der Waals surface area contributed by atoms with Gasteiger partial charge in [0.25, 0.3) is 11.8 Å². The lowest BCUT2D eigenvalue weighted by Gasteiger charge is -2.27. The van der Waals surface area contributed by atoms with Crippen molar-refractivity contribution < 1.29 is 9.59 Å². The second-order valence-electron chi connectivity index (χ2n) is 6.95. The first-order chi connectivity index (χ1) is 13.1. The van der Waals surface area contributed by atoms with E-state index in [1.165, 1.54) is 0 Å². The number of amides is 2. The number of H-pyrrole nitrogens is 1. The van der Waals surface area contributed by atoms with Crippen LogP contribution in [0.2, 0.25) is 5.02 Å². The van der Waals surface area contributed by atoms with E-state index in [1.54, 1.807) is 18.2 Å². The molecule has 3 heterocycles. The highest BCUT2D eigenvalue weighted by Crippen LogP contribution is 2.25. The molecule has 27 heavy (non-hydrogen) atoms. The Labute approximate surface area is 162 Å². The largest absolute Gasteiger partial charge is 0.339 e. The van der Waals surface area contributed by atoms with Gasteiger partial charge in [-0.25, -0.2) is 0 Å². The van der Waals surface area contributed by atoms with E-state index >= 15 is 0 Å². The Morgan fingerprint density at radius 3 is 2.81 bits per heavy atom. The second kappa shape index (κ2) is 7.70. The van der Waals surface area contributed by atoms with Gasteiger partial charge in [-0.1, -0.05) is 11.6 Å². The average Bonchev–Trinajstić information content (AvgIpc) is 3.13. The maximum absolute atomic E-state index is 12.9. The second-order valence-corrected chi connectivity index (χ2v) is 7.39. The molecule has 7 nitrogen and oxygen atoms in total. The van der Waals surface area contributed by atoms with Crippen LogP contribution in [0.4, 0.5) is 5.69 Å². The minimum atomic E-state index is -0.342. The first kappa shape index (κ1) is 18.0. The van der Waals surface area contributed by atoms with E-state index in [0.717, 1.165) is 56.6 Å². The van der Waals surface area contributed by atoms with Crippen molar-refractivity contribution in [2.24, 2.45) is 0 Å². The fourth-order valence-electron chi connectivity index (χ4n) is 3.67. The molecule has 0 aliphatic carbocycles. The summed E-state index contributed by atoms with van der Waals surface area (Å²) < 4.78 is 0. The Kier molecular flexibility index (Phi) is 5.13. The molecule has 2 aliphatic heterocycles. The number of fused-ring (bicyclic) bond motifs is 1. The van der Waals surface area contributed by atoms with Gasteiger partial charge in [0.1, 0.15) is 0 Å². The van der Waals surface area contributed by atoms with Gasteiger partial charge in [-0.15, -0.1) is 0 Å². The molecule has 142 valence electrons. The lowest BCUT2D eigenvalue weighted by Crippen LogP contribution is -2.36. The van der Waals surface area contributed by atoms with Gasteiger partial charge in [0.2, 0.25) is 0 Å². The van der Waals surface area contributed by atoms with Gasteiger partial charge in [0.15, 0.2) is 5.69 Å². The van der Waals surface area contributed by atoms with E-state index in [0.29, 0.717) is 28.5 Å². The first-order valence-electron chi connectivity index (χ1n) is 9.30. The van der Waals surface area contributed by atoms with Crippen molar-refractivity contribution in [2.45, 2.75) is 32.2 Å². The van der Waals surface area contributed by atoms with Gasteiger partial charge in [-0.05, 0) is 37.5 Å². The molecule has 1 aromatic heterocycles. The topological polar surface area (TPSA) is 90.1 Å². The number of carbonyl (C=O) groups excluding carboxylic acids is 2. The molecule has 8 heteroatoms. The van der Waals surface area contributed by atoms with Gasteiger partial charge in [-0.3, -0.25) is 14.7 Å². The molecule has 2 amide bonds. The number of nitrogens with zero attached hydrogens (tertiary/aromatic N) is 2. The van der Waals surface area contributed by atoms with Gasteiger partial charge in [-0.2, -0.15) is 5.10 Å². The molecular formula is C19H22ClN5O2. The zero-order valence-corrected chi connectivity index (χ0v) is 15.7. The van der Waals surface area contributed by atoms with Crippen molar-refractivity contribution in [3.05, 3.63) is 45.7 Å². The van der Waals surface area contributed by atoms with Crippen LogP contribution in [0, 0.1) is 0 Å². The molecule has 1 aromatic carbocycles. The average molecular weight is 388 g/mol. The number of hydrogen-bond acceptors (Lipinski definition) is 4. The van der Waals surface area contributed by atoms with Crippen LogP contribution in [0.5, 0.6) is 0 Å². The van der Waals surface area contributed by atoms with Crippen LogP contribution in [0.15, 0.2) is 18.2 Å². The number of hydrogen-bond donors (Lipinski definition) is 3. The van der Waals surface area contributed by atoms with Crippen molar-refractivity contribution in [2.75, 3.05) is 25.0 Å². The van der Waals surface area contributed by atoms with E-state index in [-0.39, 0.29) is 11.8 Å². The van der Waals surface area contributed by atoms with Crippen LogP contribution in [0.3, 0.4) is 0 Å². The predicted molar refractivity (Wildman–Crippen MR) is 103 cm³/mol. The van der Waals surface area contributed by atoms with E-state index in [2.05, 4.69) is 20.8 Å². The fourth-order valence-corrected chi connectivity index (χ4v) is 3.84. The third kappa shape index (κ3) is 3.70. The summed E-state index contributed by atoms with van der Waals surface area (Å²) in [6, 6.07) is 4.97. The summed E-state index contributed by atoms with van der Waals surface area (Å²) in [4.78, 5) is 27.6. The summed E-state index contributed by atoms with van der Waals surface area (Å²) in [5.74, 6) is -0.418. The van der Waals surface area contributed by atoms with E-state index in [1.807, 2.05) is 4.90 Å². The number of aromatic nitrogens is 2. The molecule has 2 aliphatic rings. The third-order valence-corrected chi connectivity index (χ3v) is 5.36. The summed E-state index contributed by atoms with van der Waals surface area (Å²) in [6.45, 7) is 2.95. The summed E-state index contributed by atoms with van der Waals surface area (Å²) in [5.41, 5.74) is 3.09.